The smallest absolute Gasteiger partial charge is 0.305 e. The third-order valence-electron chi connectivity index (χ3n) is 8.48. The van der Waals surface area contributed by atoms with E-state index in [0.717, 1.165) is 17.2 Å². The lowest BCUT2D eigenvalue weighted by atomic mass is 9.53. The van der Waals surface area contributed by atoms with Crippen molar-refractivity contribution in [2.45, 2.75) is 46.2 Å². The van der Waals surface area contributed by atoms with Gasteiger partial charge in [-0.05, 0) is 48.2 Å². The molecule has 1 aromatic heterocycles. The zero-order valence-corrected chi connectivity index (χ0v) is 23.0. The van der Waals surface area contributed by atoms with Crippen LogP contribution in [0.2, 0.25) is 0 Å². The maximum absolute atomic E-state index is 15.3. The molecule has 2 amide bonds. The highest BCUT2D eigenvalue weighted by Gasteiger charge is 2.64. The summed E-state index contributed by atoms with van der Waals surface area (Å²) in [5, 5.41) is 24.4. The third kappa shape index (κ3) is 4.68. The molecule has 1 saturated carbocycles. The molecule has 214 valence electrons. The number of benzene rings is 2. The molecule has 11 heteroatoms. The third-order valence-corrected chi connectivity index (χ3v) is 8.48. The van der Waals surface area contributed by atoms with Crippen LogP contribution in [0.25, 0.3) is 11.1 Å². The van der Waals surface area contributed by atoms with Crippen molar-refractivity contribution in [3.8, 4) is 11.1 Å². The van der Waals surface area contributed by atoms with Crippen LogP contribution >= 0.6 is 0 Å². The average molecular weight is 565 g/mol. The van der Waals surface area contributed by atoms with E-state index in [0.29, 0.717) is 16.8 Å². The second-order valence-corrected chi connectivity index (χ2v) is 11.3. The molecule has 2 aliphatic rings. The van der Waals surface area contributed by atoms with Crippen molar-refractivity contribution < 1.29 is 32.8 Å². The predicted molar refractivity (Wildman–Crippen MR) is 144 cm³/mol. The van der Waals surface area contributed by atoms with Gasteiger partial charge in [-0.3, -0.25) is 14.4 Å². The first-order chi connectivity index (χ1) is 19.3. The van der Waals surface area contributed by atoms with E-state index < -0.39 is 59.3 Å². The molecule has 2 aromatic carbocycles. The summed E-state index contributed by atoms with van der Waals surface area (Å²) >= 11 is 0. The molecule has 9 nitrogen and oxygen atoms in total. The van der Waals surface area contributed by atoms with Crippen molar-refractivity contribution in [1.29, 1.82) is 5.41 Å². The molecule has 2 heterocycles. The van der Waals surface area contributed by atoms with Crippen molar-refractivity contribution in [3.05, 3.63) is 76.7 Å². The summed E-state index contributed by atoms with van der Waals surface area (Å²) in [5.41, 5.74) is 1.99. The van der Waals surface area contributed by atoms with Crippen LogP contribution in [0.15, 0.2) is 47.2 Å². The summed E-state index contributed by atoms with van der Waals surface area (Å²) in [5.74, 6) is -5.91. The second kappa shape index (κ2) is 10.2. The summed E-state index contributed by atoms with van der Waals surface area (Å²) < 4.78 is 35.1. The Balaban J connectivity index is 1.54. The molecule has 1 aliphatic heterocycles. The average Bonchev–Trinajstić information content (AvgIpc) is 3.57. The number of aliphatic carboxylic acids is 1. The minimum Gasteiger partial charge on any atom is -0.481 e. The van der Waals surface area contributed by atoms with E-state index >= 15 is 4.39 Å². The lowest BCUT2D eigenvalue weighted by Crippen LogP contribution is -2.59. The summed E-state index contributed by atoms with van der Waals surface area (Å²) in [6, 6.07) is 6.73. The SMILES string of the molecule is Cc1cccc(C)c1-c1cc(F)c(F)c([C@H](CC(=O)O)NC(=O)[C@@H]2[C@@H]3C(CN2C(=O)c2ccon2)C(=N)C3(C)C)c1. The molecule has 41 heavy (non-hydrogen) atoms. The number of hydrogen-bond donors (Lipinski definition) is 3. The van der Waals surface area contributed by atoms with Gasteiger partial charge in [-0.25, -0.2) is 8.78 Å². The van der Waals surface area contributed by atoms with E-state index in [-0.39, 0.29) is 23.7 Å². The Morgan fingerprint density at radius 2 is 1.88 bits per heavy atom. The standard InChI is InChI=1S/C30H30F2N4O5/c1-14-6-5-7-15(2)23(14)16-10-17(25(32)19(31)11-16)21(12-22(37)38)34-28(39)26-24-18(27(33)30(24,3)4)13-36(26)29(40)20-8-9-41-35-20/h5-11,18,21,24,26,33H,12-13H2,1-4H3,(H,34,39)(H,37,38)/t18?,21-,24-,26-/m0/s1. The molecule has 1 unspecified atom stereocenters. The number of likely N-dealkylation sites (tertiary alicyclic amines) is 1. The number of carboxylic acid groups (broad SMARTS) is 1. The first-order valence-corrected chi connectivity index (χ1v) is 13.2. The van der Waals surface area contributed by atoms with E-state index in [4.69, 9.17) is 9.93 Å². The minimum atomic E-state index is -1.44. The van der Waals surface area contributed by atoms with Gasteiger partial charge in [-0.15, -0.1) is 0 Å². The Morgan fingerprint density at radius 1 is 1.20 bits per heavy atom. The molecule has 2 fully saturated rings. The van der Waals surface area contributed by atoms with Gasteiger partial charge in [0, 0.05) is 41.1 Å². The van der Waals surface area contributed by atoms with Crippen molar-refractivity contribution >= 4 is 23.5 Å². The van der Waals surface area contributed by atoms with E-state index in [1.54, 1.807) is 13.8 Å². The summed E-state index contributed by atoms with van der Waals surface area (Å²) in [6.45, 7) is 7.35. The second-order valence-electron chi connectivity index (χ2n) is 11.3. The van der Waals surface area contributed by atoms with E-state index in [1.165, 1.54) is 23.3 Å². The quantitative estimate of drug-likeness (QED) is 0.381. The highest BCUT2D eigenvalue weighted by atomic mass is 19.2. The number of nitrogens with zero attached hydrogens (tertiary/aromatic N) is 2. The molecule has 5 rings (SSSR count). The fourth-order valence-electron chi connectivity index (χ4n) is 6.51. The van der Waals surface area contributed by atoms with Crippen molar-refractivity contribution in [3.63, 3.8) is 0 Å². The number of carbonyl (C=O) groups excluding carboxylic acids is 2. The first-order valence-electron chi connectivity index (χ1n) is 13.2. The number of hydrogen-bond acceptors (Lipinski definition) is 6. The van der Waals surface area contributed by atoms with Crippen LogP contribution in [0.3, 0.4) is 0 Å². The van der Waals surface area contributed by atoms with Crippen LogP contribution in [0.5, 0.6) is 0 Å². The van der Waals surface area contributed by atoms with Crippen LogP contribution in [0, 0.1) is 48.1 Å². The maximum atomic E-state index is 15.3. The highest BCUT2D eigenvalue weighted by Crippen LogP contribution is 2.55. The van der Waals surface area contributed by atoms with Gasteiger partial charge in [-0.1, -0.05) is 37.2 Å². The Hall–Kier alpha value is -4.41. The number of fused-ring (bicyclic) bond motifs is 1. The van der Waals surface area contributed by atoms with Crippen molar-refractivity contribution in [2.75, 3.05) is 6.54 Å². The summed E-state index contributed by atoms with van der Waals surface area (Å²) in [4.78, 5) is 40.4. The van der Waals surface area contributed by atoms with Crippen LogP contribution in [0.4, 0.5) is 8.78 Å². The first kappa shape index (κ1) is 28.1. The topological polar surface area (TPSA) is 137 Å². The Labute approximate surface area is 235 Å². The molecule has 3 aromatic rings. The van der Waals surface area contributed by atoms with Crippen LogP contribution in [-0.2, 0) is 9.59 Å². The van der Waals surface area contributed by atoms with Crippen molar-refractivity contribution in [1.82, 2.24) is 15.4 Å². The number of aromatic nitrogens is 1. The van der Waals surface area contributed by atoms with Crippen LogP contribution in [0.1, 0.15) is 53.5 Å². The lowest BCUT2D eigenvalue weighted by Gasteiger charge is -2.49. The fourth-order valence-corrected chi connectivity index (χ4v) is 6.51. The zero-order chi connectivity index (χ0) is 29.8. The Morgan fingerprint density at radius 3 is 2.49 bits per heavy atom. The maximum Gasteiger partial charge on any atom is 0.305 e. The normalized spacial score (nSPS) is 21.7. The molecule has 0 bridgehead atoms. The monoisotopic (exact) mass is 564 g/mol. The molecule has 4 atom stereocenters. The van der Waals surface area contributed by atoms with Crippen molar-refractivity contribution in [2.24, 2.45) is 17.3 Å². The van der Waals surface area contributed by atoms with Crippen LogP contribution < -0.4 is 5.32 Å². The molecule has 1 saturated heterocycles. The lowest BCUT2D eigenvalue weighted by molar-refractivity contribution is -0.138. The number of rotatable bonds is 7. The molecule has 0 radical (unpaired) electrons. The molecule has 1 aliphatic carbocycles. The zero-order valence-electron chi connectivity index (χ0n) is 23.0. The van der Waals surface area contributed by atoms with Gasteiger partial charge in [0.25, 0.3) is 5.91 Å². The number of carboxylic acids is 1. The van der Waals surface area contributed by atoms with E-state index in [1.807, 2.05) is 32.0 Å². The van der Waals surface area contributed by atoms with Gasteiger partial charge in [0.1, 0.15) is 12.3 Å². The Kier molecular flexibility index (Phi) is 7.00. The van der Waals surface area contributed by atoms with Gasteiger partial charge < -0.3 is 25.3 Å². The summed E-state index contributed by atoms with van der Waals surface area (Å²) in [7, 11) is 0. The number of nitrogens with one attached hydrogen (secondary N) is 2. The number of carbonyl (C=O) groups is 3. The number of aryl methyl sites for hydroxylation is 2. The van der Waals surface area contributed by atoms with Gasteiger partial charge >= 0.3 is 5.97 Å². The van der Waals surface area contributed by atoms with Gasteiger partial charge in [0.05, 0.1) is 12.5 Å². The van der Waals surface area contributed by atoms with Gasteiger partial charge in [-0.2, -0.15) is 0 Å². The molecule has 3 N–H and O–H groups in total. The van der Waals surface area contributed by atoms with Crippen LogP contribution in [-0.4, -0.2) is 51.2 Å². The molecular formula is C30H30F2N4O5. The molecular weight excluding hydrogens is 534 g/mol. The molecule has 0 spiro atoms. The highest BCUT2D eigenvalue weighted by molar-refractivity contribution is 6.03. The number of amides is 2. The minimum absolute atomic E-state index is 0.0232. The predicted octanol–water partition coefficient (Wildman–Crippen LogP) is 4.69. The Bertz CT molecular complexity index is 1550. The summed E-state index contributed by atoms with van der Waals surface area (Å²) in [6.07, 6.45) is 0.498. The van der Waals surface area contributed by atoms with E-state index in [9.17, 15) is 23.9 Å². The number of halogens is 2. The van der Waals surface area contributed by atoms with Gasteiger partial charge in [0.15, 0.2) is 17.3 Å². The largest absolute Gasteiger partial charge is 0.481 e. The fraction of sp³-hybridized carbons (Fsp3) is 0.367. The van der Waals surface area contributed by atoms with Gasteiger partial charge in [0.2, 0.25) is 5.91 Å². The van der Waals surface area contributed by atoms with E-state index in [2.05, 4.69) is 10.5 Å².